The van der Waals surface area contributed by atoms with E-state index in [1.54, 1.807) is 36.4 Å². The number of rotatable bonds is 5. The van der Waals surface area contributed by atoms with Gasteiger partial charge >= 0.3 is 6.03 Å². The molecule has 1 fully saturated rings. The highest BCUT2D eigenvalue weighted by molar-refractivity contribution is 7.89. The molecule has 154 valence electrons. The number of benzene rings is 2. The lowest BCUT2D eigenvalue weighted by molar-refractivity contribution is -0.126. The molecule has 0 radical (unpaired) electrons. The van der Waals surface area contributed by atoms with Gasteiger partial charge in [-0.05, 0) is 17.7 Å². The Labute approximate surface area is 174 Å². The van der Waals surface area contributed by atoms with Crippen LogP contribution in [0.1, 0.15) is 11.6 Å². The summed E-state index contributed by atoms with van der Waals surface area (Å²) in [5.41, 5.74) is 5.80. The molecule has 1 unspecified atom stereocenters. The van der Waals surface area contributed by atoms with Gasteiger partial charge in [-0.1, -0.05) is 54.1 Å². The lowest BCUT2D eigenvalue weighted by Gasteiger charge is -2.38. The molecule has 1 atom stereocenters. The lowest BCUT2D eigenvalue weighted by atomic mass is 10.0. The summed E-state index contributed by atoms with van der Waals surface area (Å²) in [5.74, 6) is -0.550. The third-order valence-corrected chi connectivity index (χ3v) is 7.10. The van der Waals surface area contributed by atoms with Crippen LogP contribution >= 0.6 is 11.6 Å². The predicted octanol–water partition coefficient (Wildman–Crippen LogP) is 1.58. The smallest absolute Gasteiger partial charge is 0.318 e. The molecule has 1 aliphatic rings. The number of nitrogens with two attached hydrogens (primary N) is 1. The Morgan fingerprint density at radius 1 is 0.966 bits per heavy atom. The van der Waals surface area contributed by atoms with Gasteiger partial charge in [0.05, 0.1) is 5.02 Å². The minimum atomic E-state index is -3.75. The molecule has 29 heavy (non-hydrogen) atoms. The molecule has 3 amide bonds. The van der Waals surface area contributed by atoms with E-state index in [-0.39, 0.29) is 23.0 Å². The fourth-order valence-corrected chi connectivity index (χ4v) is 5.26. The second kappa shape index (κ2) is 8.91. The Morgan fingerprint density at radius 2 is 1.55 bits per heavy atom. The number of halogens is 1. The van der Waals surface area contributed by atoms with Gasteiger partial charge in [0.1, 0.15) is 10.9 Å². The highest BCUT2D eigenvalue weighted by atomic mass is 35.5. The van der Waals surface area contributed by atoms with Crippen molar-refractivity contribution in [3.05, 3.63) is 65.2 Å². The quantitative estimate of drug-likeness (QED) is 0.738. The first-order valence-electron chi connectivity index (χ1n) is 8.94. The Bertz CT molecular complexity index is 992. The number of carbonyl (C=O) groups excluding carboxylic acids is 2. The highest BCUT2D eigenvalue weighted by Crippen LogP contribution is 2.27. The maximum Gasteiger partial charge on any atom is 0.318 e. The van der Waals surface area contributed by atoms with Crippen LogP contribution in [0.4, 0.5) is 4.79 Å². The van der Waals surface area contributed by atoms with Crippen LogP contribution in [0.25, 0.3) is 0 Å². The van der Waals surface area contributed by atoms with E-state index in [0.717, 1.165) is 0 Å². The molecule has 10 heteroatoms. The average Bonchev–Trinajstić information content (AvgIpc) is 2.69. The van der Waals surface area contributed by atoms with Crippen molar-refractivity contribution in [3.8, 4) is 0 Å². The molecular formula is C19H21ClN4O4S. The maximum atomic E-state index is 12.9. The van der Waals surface area contributed by atoms with E-state index in [4.69, 9.17) is 17.3 Å². The van der Waals surface area contributed by atoms with Crippen LogP contribution in [-0.4, -0.2) is 55.7 Å². The molecule has 0 bridgehead atoms. The molecule has 8 nitrogen and oxygen atoms in total. The van der Waals surface area contributed by atoms with Crippen LogP contribution in [0.2, 0.25) is 5.02 Å². The standard InChI is InChI=1S/C19H21ClN4O4S/c20-15-8-4-5-9-16(15)29(27,28)24-12-10-23(11-13-24)17(18(25)22-19(21)26)14-6-2-1-3-7-14/h1-9,17H,10-13H2,(H3,21,22,25,26). The number of imide groups is 1. The number of urea groups is 1. The first kappa shape index (κ1) is 21.3. The van der Waals surface area contributed by atoms with Crippen molar-refractivity contribution >= 4 is 33.6 Å². The van der Waals surface area contributed by atoms with Gasteiger partial charge in [-0.25, -0.2) is 13.2 Å². The minimum absolute atomic E-state index is 0.0567. The SMILES string of the molecule is NC(=O)NC(=O)C(c1ccccc1)N1CCN(S(=O)(=O)c2ccccc2Cl)CC1. The molecule has 2 aromatic rings. The number of hydrogen-bond acceptors (Lipinski definition) is 5. The molecule has 0 aromatic heterocycles. The van der Waals surface area contributed by atoms with Gasteiger partial charge in [0, 0.05) is 26.2 Å². The first-order valence-corrected chi connectivity index (χ1v) is 10.8. The summed E-state index contributed by atoms with van der Waals surface area (Å²) in [6, 6.07) is 13.5. The number of carbonyl (C=O) groups is 2. The topological polar surface area (TPSA) is 113 Å². The number of nitrogens with zero attached hydrogens (tertiary/aromatic N) is 2. The zero-order valence-electron chi connectivity index (χ0n) is 15.5. The van der Waals surface area contributed by atoms with Crippen LogP contribution in [0, 0.1) is 0 Å². The van der Waals surface area contributed by atoms with Crippen LogP contribution in [0.3, 0.4) is 0 Å². The monoisotopic (exact) mass is 436 g/mol. The molecule has 1 saturated heterocycles. The van der Waals surface area contributed by atoms with Crippen molar-refractivity contribution in [2.24, 2.45) is 5.73 Å². The summed E-state index contributed by atoms with van der Waals surface area (Å²) in [6.07, 6.45) is 0. The Hall–Kier alpha value is -2.46. The highest BCUT2D eigenvalue weighted by Gasteiger charge is 2.35. The fraction of sp³-hybridized carbons (Fsp3) is 0.263. The third kappa shape index (κ3) is 4.76. The van der Waals surface area contributed by atoms with E-state index in [2.05, 4.69) is 5.32 Å². The van der Waals surface area contributed by atoms with Crippen molar-refractivity contribution in [1.29, 1.82) is 0 Å². The van der Waals surface area contributed by atoms with Crippen molar-refractivity contribution < 1.29 is 18.0 Å². The zero-order valence-corrected chi connectivity index (χ0v) is 17.1. The van der Waals surface area contributed by atoms with Crippen LogP contribution in [-0.2, 0) is 14.8 Å². The Balaban J connectivity index is 1.79. The first-order chi connectivity index (χ1) is 13.8. The van der Waals surface area contributed by atoms with Crippen LogP contribution in [0.15, 0.2) is 59.5 Å². The minimum Gasteiger partial charge on any atom is -0.351 e. The summed E-state index contributed by atoms with van der Waals surface area (Å²) >= 11 is 6.06. The van der Waals surface area contributed by atoms with Crippen molar-refractivity contribution in [3.63, 3.8) is 0 Å². The largest absolute Gasteiger partial charge is 0.351 e. The summed E-state index contributed by atoms with van der Waals surface area (Å²) in [4.78, 5) is 25.6. The number of primary amides is 1. The molecule has 3 rings (SSSR count). The number of sulfonamides is 1. The molecular weight excluding hydrogens is 416 g/mol. The van der Waals surface area contributed by atoms with Gasteiger partial charge in [-0.15, -0.1) is 0 Å². The van der Waals surface area contributed by atoms with Crippen LogP contribution in [0.5, 0.6) is 0 Å². The Morgan fingerprint density at radius 3 is 2.14 bits per heavy atom. The molecule has 3 N–H and O–H groups in total. The number of nitrogens with one attached hydrogen (secondary N) is 1. The van der Waals surface area contributed by atoms with E-state index in [9.17, 15) is 18.0 Å². The molecule has 0 spiro atoms. The number of piperazine rings is 1. The lowest BCUT2D eigenvalue weighted by Crippen LogP contribution is -2.53. The van der Waals surface area contributed by atoms with Gasteiger partial charge in [-0.3, -0.25) is 15.0 Å². The summed E-state index contributed by atoms with van der Waals surface area (Å²) in [7, 11) is -3.75. The van der Waals surface area contributed by atoms with Crippen molar-refractivity contribution in [2.45, 2.75) is 10.9 Å². The summed E-state index contributed by atoms with van der Waals surface area (Å²) in [6.45, 7) is 0.965. The van der Waals surface area contributed by atoms with Gasteiger partial charge in [-0.2, -0.15) is 4.31 Å². The number of hydrogen-bond donors (Lipinski definition) is 2. The number of amides is 3. The van der Waals surface area contributed by atoms with E-state index in [1.165, 1.54) is 16.4 Å². The van der Waals surface area contributed by atoms with Gasteiger partial charge < -0.3 is 5.73 Å². The summed E-state index contributed by atoms with van der Waals surface area (Å²) in [5, 5.41) is 2.29. The molecule has 1 heterocycles. The maximum absolute atomic E-state index is 12.9. The van der Waals surface area contributed by atoms with E-state index >= 15 is 0 Å². The second-order valence-electron chi connectivity index (χ2n) is 6.54. The van der Waals surface area contributed by atoms with Gasteiger partial charge in [0.2, 0.25) is 15.9 Å². The molecule has 0 saturated carbocycles. The van der Waals surface area contributed by atoms with Crippen LogP contribution < -0.4 is 11.1 Å². The van der Waals surface area contributed by atoms with E-state index in [0.29, 0.717) is 18.7 Å². The second-order valence-corrected chi connectivity index (χ2v) is 8.85. The van der Waals surface area contributed by atoms with E-state index in [1.807, 2.05) is 11.0 Å². The van der Waals surface area contributed by atoms with Gasteiger partial charge in [0.25, 0.3) is 0 Å². The average molecular weight is 437 g/mol. The van der Waals surface area contributed by atoms with Gasteiger partial charge in [0.15, 0.2) is 0 Å². The summed E-state index contributed by atoms with van der Waals surface area (Å²) < 4.78 is 27.2. The normalized spacial score (nSPS) is 16.9. The molecule has 1 aliphatic heterocycles. The predicted molar refractivity (Wildman–Crippen MR) is 109 cm³/mol. The van der Waals surface area contributed by atoms with E-state index < -0.39 is 28.0 Å². The molecule has 2 aromatic carbocycles. The fourth-order valence-electron chi connectivity index (χ4n) is 3.35. The third-order valence-electron chi connectivity index (χ3n) is 4.70. The molecule has 0 aliphatic carbocycles. The Kier molecular flexibility index (Phi) is 6.53. The zero-order chi connectivity index (χ0) is 21.0. The van der Waals surface area contributed by atoms with Crippen molar-refractivity contribution in [1.82, 2.24) is 14.5 Å². The van der Waals surface area contributed by atoms with Crippen molar-refractivity contribution in [2.75, 3.05) is 26.2 Å².